The van der Waals surface area contributed by atoms with Crippen LogP contribution in [0.5, 0.6) is 11.6 Å². The highest BCUT2D eigenvalue weighted by Crippen LogP contribution is 2.36. The molecule has 1 saturated heterocycles. The first kappa shape index (κ1) is 25.7. The zero-order chi connectivity index (χ0) is 25.2. The van der Waals surface area contributed by atoms with E-state index in [1.54, 1.807) is 4.90 Å². The Balaban J connectivity index is 1.60. The van der Waals surface area contributed by atoms with Crippen LogP contribution in [-0.4, -0.2) is 59.1 Å². The molecule has 35 heavy (non-hydrogen) atoms. The van der Waals surface area contributed by atoms with Crippen LogP contribution in [0.1, 0.15) is 61.4 Å². The van der Waals surface area contributed by atoms with Crippen LogP contribution < -0.4 is 4.74 Å². The first-order chi connectivity index (χ1) is 16.6. The van der Waals surface area contributed by atoms with Gasteiger partial charge in [-0.05, 0) is 77.0 Å². The first-order valence-electron chi connectivity index (χ1n) is 12.1. The van der Waals surface area contributed by atoms with Crippen LogP contribution in [0.4, 0.5) is 4.79 Å². The van der Waals surface area contributed by atoms with Crippen LogP contribution in [0, 0.1) is 13.8 Å². The Kier molecular flexibility index (Phi) is 7.88. The molecule has 2 aromatic rings. The summed E-state index contributed by atoms with van der Waals surface area (Å²) in [6.07, 6.45) is 3.43. The number of fused-ring (bicyclic) bond motifs is 1. The van der Waals surface area contributed by atoms with E-state index in [1.165, 1.54) is 11.8 Å². The number of rotatable bonds is 4. The lowest BCUT2D eigenvalue weighted by Gasteiger charge is -2.26. The summed E-state index contributed by atoms with van der Waals surface area (Å²) in [5.41, 5.74) is 4.29. The van der Waals surface area contributed by atoms with Crippen molar-refractivity contribution in [1.82, 2.24) is 14.9 Å². The highest BCUT2D eigenvalue weighted by molar-refractivity contribution is 7.98. The second-order valence-electron chi connectivity index (χ2n) is 9.92. The van der Waals surface area contributed by atoms with Gasteiger partial charge < -0.3 is 23.8 Å². The lowest BCUT2D eigenvalue weighted by atomic mass is 10.0. The minimum absolute atomic E-state index is 0.305. The number of aromatic nitrogens is 2. The summed E-state index contributed by atoms with van der Waals surface area (Å²) in [5, 5.41) is 0.653. The minimum Gasteiger partial charge on any atom is -0.444 e. The normalized spacial score (nSPS) is 17.0. The van der Waals surface area contributed by atoms with Crippen molar-refractivity contribution in [2.24, 2.45) is 0 Å². The van der Waals surface area contributed by atoms with Gasteiger partial charge in [-0.15, -0.1) is 0 Å². The predicted octanol–water partition coefficient (Wildman–Crippen LogP) is 5.38. The summed E-state index contributed by atoms with van der Waals surface area (Å²) in [4.78, 5) is 23.9. The summed E-state index contributed by atoms with van der Waals surface area (Å²) in [6, 6.07) is 4.11. The molecule has 0 spiro atoms. The zero-order valence-corrected chi connectivity index (χ0v) is 22.3. The number of hydrogen-bond donors (Lipinski definition) is 0. The number of thioether (sulfide) groups is 1. The minimum atomic E-state index is -0.536. The van der Waals surface area contributed by atoms with Gasteiger partial charge in [0, 0.05) is 30.6 Å². The molecule has 0 aliphatic carbocycles. The molecule has 2 aliphatic rings. The second-order valence-corrected chi connectivity index (χ2v) is 10.7. The van der Waals surface area contributed by atoms with E-state index in [9.17, 15) is 4.79 Å². The molecular formula is C26H35N3O5S. The molecule has 0 saturated carbocycles. The third-order valence-corrected chi connectivity index (χ3v) is 6.45. The number of aryl methyl sites for hydroxylation is 2. The predicted molar refractivity (Wildman–Crippen MR) is 134 cm³/mol. The molecule has 3 heterocycles. The highest BCUT2D eigenvalue weighted by Gasteiger charge is 2.28. The molecule has 190 valence electrons. The second kappa shape index (κ2) is 10.7. The number of benzene rings is 1. The lowest BCUT2D eigenvalue weighted by Crippen LogP contribution is -2.38. The van der Waals surface area contributed by atoms with Crippen LogP contribution in [0.25, 0.3) is 0 Å². The van der Waals surface area contributed by atoms with Crippen molar-refractivity contribution in [3.63, 3.8) is 0 Å². The van der Waals surface area contributed by atoms with Gasteiger partial charge in [0.2, 0.25) is 5.88 Å². The van der Waals surface area contributed by atoms with Crippen molar-refractivity contribution < 1.29 is 23.7 Å². The van der Waals surface area contributed by atoms with E-state index in [1.807, 2.05) is 40.9 Å². The standard InChI is InChI=1S/C26H35N3O5S/c1-16-14-18(23-31-12-7-13-32-23)15-17(2)21(16)33-22-19-8-10-29(25(30)34-26(3,4)5)11-9-20(19)27-24(28-22)35-6/h14-15,23H,7-13H2,1-6H3. The summed E-state index contributed by atoms with van der Waals surface area (Å²) < 4.78 is 23.6. The van der Waals surface area contributed by atoms with E-state index in [2.05, 4.69) is 12.1 Å². The quantitative estimate of drug-likeness (QED) is 0.408. The maximum atomic E-state index is 12.7. The van der Waals surface area contributed by atoms with Crippen molar-refractivity contribution in [1.29, 1.82) is 0 Å². The molecule has 0 unspecified atom stereocenters. The molecule has 0 atom stereocenters. The van der Waals surface area contributed by atoms with Gasteiger partial charge in [-0.2, -0.15) is 4.98 Å². The highest BCUT2D eigenvalue weighted by atomic mass is 32.2. The SMILES string of the molecule is CSc1nc2c(c(Oc3c(C)cc(C4OCCCO4)cc3C)n1)CCN(C(=O)OC(C)(C)C)CC2. The average molecular weight is 502 g/mol. The largest absolute Gasteiger partial charge is 0.444 e. The molecule has 0 N–H and O–H groups in total. The number of hydrogen-bond acceptors (Lipinski definition) is 8. The number of carbonyl (C=O) groups excluding carboxylic acids is 1. The Bertz CT molecular complexity index is 1060. The van der Waals surface area contributed by atoms with Gasteiger partial charge in [-0.1, -0.05) is 11.8 Å². The average Bonchev–Trinajstić information content (AvgIpc) is 3.03. The molecule has 1 amide bonds. The van der Waals surface area contributed by atoms with Gasteiger partial charge in [0.05, 0.1) is 18.9 Å². The van der Waals surface area contributed by atoms with Crippen molar-refractivity contribution in [3.8, 4) is 11.6 Å². The third-order valence-electron chi connectivity index (χ3n) is 5.90. The van der Waals surface area contributed by atoms with Crippen LogP contribution >= 0.6 is 11.8 Å². The molecule has 2 aliphatic heterocycles. The van der Waals surface area contributed by atoms with E-state index < -0.39 is 5.60 Å². The molecule has 4 rings (SSSR count). The fourth-order valence-corrected chi connectivity index (χ4v) is 4.66. The van der Waals surface area contributed by atoms with Gasteiger partial charge >= 0.3 is 6.09 Å². The monoisotopic (exact) mass is 501 g/mol. The van der Waals surface area contributed by atoms with Crippen LogP contribution in [0.3, 0.4) is 0 Å². The number of amides is 1. The van der Waals surface area contributed by atoms with Crippen molar-refractivity contribution in [2.75, 3.05) is 32.6 Å². The van der Waals surface area contributed by atoms with E-state index in [0.29, 0.717) is 50.2 Å². The summed E-state index contributed by atoms with van der Waals surface area (Å²) in [6.45, 7) is 12.1. The van der Waals surface area contributed by atoms with Gasteiger partial charge in [0.1, 0.15) is 11.4 Å². The molecule has 8 nitrogen and oxygen atoms in total. The Morgan fingerprint density at radius 2 is 1.74 bits per heavy atom. The van der Waals surface area contributed by atoms with Crippen LogP contribution in [0.2, 0.25) is 0 Å². The molecule has 1 aromatic heterocycles. The fraction of sp³-hybridized carbons (Fsp3) is 0.577. The third kappa shape index (κ3) is 6.26. The van der Waals surface area contributed by atoms with Gasteiger partial charge in [-0.25, -0.2) is 9.78 Å². The van der Waals surface area contributed by atoms with Gasteiger partial charge in [-0.3, -0.25) is 0 Å². The Morgan fingerprint density at radius 1 is 1.09 bits per heavy atom. The maximum Gasteiger partial charge on any atom is 0.410 e. The summed E-state index contributed by atoms with van der Waals surface area (Å²) >= 11 is 1.48. The van der Waals surface area contributed by atoms with E-state index >= 15 is 0 Å². The molecule has 0 bridgehead atoms. The van der Waals surface area contributed by atoms with Crippen LogP contribution in [-0.2, 0) is 27.1 Å². The van der Waals surface area contributed by atoms with Gasteiger partial charge in [0.25, 0.3) is 0 Å². The van der Waals surface area contributed by atoms with Gasteiger partial charge in [0.15, 0.2) is 11.4 Å². The smallest absolute Gasteiger partial charge is 0.410 e. The van der Waals surface area contributed by atoms with Crippen molar-refractivity contribution >= 4 is 17.9 Å². The first-order valence-corrected chi connectivity index (χ1v) is 13.3. The lowest BCUT2D eigenvalue weighted by molar-refractivity contribution is -0.183. The van der Waals surface area contributed by atoms with E-state index in [4.69, 9.17) is 28.9 Å². The van der Waals surface area contributed by atoms with Crippen LogP contribution in [0.15, 0.2) is 17.3 Å². The summed E-state index contributed by atoms with van der Waals surface area (Å²) in [7, 11) is 0. The van der Waals surface area contributed by atoms with Crippen molar-refractivity contribution in [2.45, 2.75) is 70.9 Å². The topological polar surface area (TPSA) is 83.0 Å². The van der Waals surface area contributed by atoms with E-state index in [-0.39, 0.29) is 12.4 Å². The zero-order valence-electron chi connectivity index (χ0n) is 21.5. The molecule has 9 heteroatoms. The molecule has 0 radical (unpaired) electrons. The Labute approximate surface area is 211 Å². The Hall–Kier alpha value is -2.36. The fourth-order valence-electron chi connectivity index (χ4n) is 4.29. The van der Waals surface area contributed by atoms with E-state index in [0.717, 1.165) is 40.1 Å². The number of ether oxygens (including phenoxy) is 4. The Morgan fingerprint density at radius 3 is 2.37 bits per heavy atom. The maximum absolute atomic E-state index is 12.7. The number of carbonyl (C=O) groups is 1. The molecule has 1 aromatic carbocycles. The summed E-state index contributed by atoms with van der Waals surface area (Å²) in [5.74, 6) is 1.32. The number of nitrogens with zero attached hydrogens (tertiary/aromatic N) is 3. The molecular weight excluding hydrogens is 466 g/mol. The molecule has 1 fully saturated rings. The van der Waals surface area contributed by atoms with Crippen molar-refractivity contribution in [3.05, 3.63) is 40.1 Å².